The lowest BCUT2D eigenvalue weighted by Gasteiger charge is -2.31. The Morgan fingerprint density at radius 2 is 1.88 bits per heavy atom. The Bertz CT molecular complexity index is 1010. The molecule has 33 heavy (non-hydrogen) atoms. The molecule has 1 fully saturated rings. The monoisotopic (exact) mass is 451 g/mol. The summed E-state index contributed by atoms with van der Waals surface area (Å²) in [6.07, 6.45) is 4.40. The van der Waals surface area contributed by atoms with E-state index in [2.05, 4.69) is 17.1 Å². The minimum Gasteiger partial charge on any atom is -0.493 e. The van der Waals surface area contributed by atoms with Crippen molar-refractivity contribution in [1.82, 2.24) is 10.3 Å². The van der Waals surface area contributed by atoms with Gasteiger partial charge >= 0.3 is 0 Å². The fourth-order valence-corrected chi connectivity index (χ4v) is 3.60. The number of carbonyl (C=O) groups excluding carboxylic acids is 2. The second-order valence-electron chi connectivity index (χ2n) is 7.54. The van der Waals surface area contributed by atoms with E-state index in [1.54, 1.807) is 42.5 Å². The van der Waals surface area contributed by atoms with Gasteiger partial charge in [-0.15, -0.1) is 0 Å². The van der Waals surface area contributed by atoms with E-state index in [0.29, 0.717) is 55.4 Å². The highest BCUT2D eigenvalue weighted by atomic mass is 16.5. The fourth-order valence-electron chi connectivity index (χ4n) is 3.60. The van der Waals surface area contributed by atoms with Crippen molar-refractivity contribution in [2.24, 2.45) is 11.0 Å². The summed E-state index contributed by atoms with van der Waals surface area (Å²) in [6.45, 7) is 5.04. The van der Waals surface area contributed by atoms with Crippen LogP contribution >= 0.6 is 0 Å². The molecule has 1 aliphatic rings. The molecule has 174 valence electrons. The minimum atomic E-state index is -0.195. The van der Waals surface area contributed by atoms with Gasteiger partial charge in [-0.25, -0.2) is 5.43 Å². The van der Waals surface area contributed by atoms with E-state index in [-0.39, 0.29) is 17.7 Å². The number of nitrogens with one attached hydrogen (secondary N) is 1. The maximum absolute atomic E-state index is 12.9. The highest BCUT2D eigenvalue weighted by molar-refractivity contribution is 5.95. The van der Waals surface area contributed by atoms with Crippen molar-refractivity contribution in [1.29, 1.82) is 0 Å². The molecule has 8 nitrogen and oxygen atoms in total. The van der Waals surface area contributed by atoms with Gasteiger partial charge in [0, 0.05) is 24.6 Å². The number of rotatable bonds is 9. The van der Waals surface area contributed by atoms with E-state index >= 15 is 0 Å². The third-order valence-corrected chi connectivity index (χ3v) is 5.40. The van der Waals surface area contributed by atoms with Gasteiger partial charge in [0.25, 0.3) is 5.91 Å². The molecule has 0 spiro atoms. The average molecular weight is 452 g/mol. The number of benzene rings is 2. The lowest BCUT2D eigenvalue weighted by Crippen LogP contribution is -2.42. The SMILES string of the molecule is C=CCOc1cccc(/C=N\NC(=O)C2CCN(C(=O)c3ccc(OC)c(OC)c3)CC2)c1. The lowest BCUT2D eigenvalue weighted by atomic mass is 9.95. The van der Waals surface area contributed by atoms with E-state index < -0.39 is 0 Å². The first-order valence-electron chi connectivity index (χ1n) is 10.7. The van der Waals surface area contributed by atoms with Gasteiger partial charge in [-0.05, 0) is 48.7 Å². The third kappa shape index (κ3) is 6.35. The molecule has 0 unspecified atom stereocenters. The zero-order chi connectivity index (χ0) is 23.6. The first-order chi connectivity index (χ1) is 16.0. The van der Waals surface area contributed by atoms with Crippen LogP contribution in [0.4, 0.5) is 0 Å². The average Bonchev–Trinajstić information content (AvgIpc) is 2.86. The first kappa shape index (κ1) is 23.8. The van der Waals surface area contributed by atoms with E-state index in [1.165, 1.54) is 7.11 Å². The standard InChI is InChI=1S/C25H29N3O5/c1-4-14-33-21-7-5-6-18(15-21)17-26-27-24(29)19-10-12-28(13-11-19)25(30)20-8-9-22(31-2)23(16-20)32-3/h4-9,15-17,19H,1,10-14H2,2-3H3,(H,27,29)/b26-17-. The number of methoxy groups -OCH3 is 2. The highest BCUT2D eigenvalue weighted by Crippen LogP contribution is 2.29. The van der Waals surface area contributed by atoms with Crippen LogP contribution in [-0.2, 0) is 4.79 Å². The van der Waals surface area contributed by atoms with E-state index in [1.807, 2.05) is 24.3 Å². The Balaban J connectivity index is 1.50. The second-order valence-corrected chi connectivity index (χ2v) is 7.54. The van der Waals surface area contributed by atoms with Crippen LogP contribution < -0.4 is 19.6 Å². The largest absolute Gasteiger partial charge is 0.493 e. The molecular formula is C25H29N3O5. The molecule has 1 aliphatic heterocycles. The predicted octanol–water partition coefficient (Wildman–Crippen LogP) is 3.27. The molecular weight excluding hydrogens is 422 g/mol. The molecule has 0 atom stereocenters. The lowest BCUT2D eigenvalue weighted by molar-refractivity contribution is -0.126. The molecule has 1 saturated heterocycles. The fraction of sp³-hybridized carbons (Fsp3) is 0.320. The number of hydrogen-bond donors (Lipinski definition) is 1. The molecule has 1 heterocycles. The van der Waals surface area contributed by atoms with Crippen molar-refractivity contribution in [3.8, 4) is 17.2 Å². The molecule has 2 aromatic carbocycles. The molecule has 1 N–H and O–H groups in total. The summed E-state index contributed by atoms with van der Waals surface area (Å²) in [6, 6.07) is 12.5. The first-order valence-corrected chi connectivity index (χ1v) is 10.7. The van der Waals surface area contributed by atoms with Crippen molar-refractivity contribution < 1.29 is 23.8 Å². The number of ether oxygens (including phenoxy) is 3. The van der Waals surface area contributed by atoms with Gasteiger partial charge in [0.2, 0.25) is 5.91 Å². The molecule has 8 heteroatoms. The van der Waals surface area contributed by atoms with Crippen molar-refractivity contribution in [2.75, 3.05) is 33.9 Å². The molecule has 0 bridgehead atoms. The number of hydrogen-bond acceptors (Lipinski definition) is 6. The number of likely N-dealkylation sites (tertiary alicyclic amines) is 1. The van der Waals surface area contributed by atoms with Gasteiger partial charge in [0.1, 0.15) is 12.4 Å². The minimum absolute atomic E-state index is 0.0913. The summed E-state index contributed by atoms with van der Waals surface area (Å²) in [5.41, 5.74) is 3.95. The molecule has 0 aliphatic carbocycles. The quantitative estimate of drug-likeness (QED) is 0.359. The number of nitrogens with zero attached hydrogens (tertiary/aromatic N) is 2. The van der Waals surface area contributed by atoms with Crippen LogP contribution in [0.1, 0.15) is 28.8 Å². The van der Waals surface area contributed by atoms with Crippen molar-refractivity contribution in [3.63, 3.8) is 0 Å². The summed E-state index contributed by atoms with van der Waals surface area (Å²) in [5.74, 6) is 1.35. The third-order valence-electron chi connectivity index (χ3n) is 5.40. The van der Waals surface area contributed by atoms with Crippen molar-refractivity contribution in [2.45, 2.75) is 12.8 Å². The van der Waals surface area contributed by atoms with Gasteiger partial charge in [-0.1, -0.05) is 24.8 Å². The van der Waals surface area contributed by atoms with Crippen LogP contribution in [-0.4, -0.2) is 56.8 Å². The van der Waals surface area contributed by atoms with E-state index in [9.17, 15) is 9.59 Å². The van der Waals surface area contributed by atoms with Gasteiger partial charge in [-0.3, -0.25) is 9.59 Å². The second kappa shape index (κ2) is 11.7. The molecule has 0 radical (unpaired) electrons. The van der Waals surface area contributed by atoms with Crippen molar-refractivity contribution in [3.05, 3.63) is 66.2 Å². The van der Waals surface area contributed by atoms with Crippen LogP contribution in [0.5, 0.6) is 17.2 Å². The van der Waals surface area contributed by atoms with Gasteiger partial charge in [-0.2, -0.15) is 5.10 Å². The number of carbonyl (C=O) groups is 2. The zero-order valence-corrected chi connectivity index (χ0v) is 19.0. The topological polar surface area (TPSA) is 89.5 Å². The van der Waals surface area contributed by atoms with Crippen LogP contribution in [0.25, 0.3) is 0 Å². The van der Waals surface area contributed by atoms with Gasteiger partial charge < -0.3 is 19.1 Å². The Kier molecular flexibility index (Phi) is 8.46. The highest BCUT2D eigenvalue weighted by Gasteiger charge is 2.28. The molecule has 3 rings (SSSR count). The van der Waals surface area contributed by atoms with Gasteiger partial charge in [0.15, 0.2) is 11.5 Å². The smallest absolute Gasteiger partial charge is 0.253 e. The predicted molar refractivity (Wildman–Crippen MR) is 126 cm³/mol. The van der Waals surface area contributed by atoms with E-state index in [4.69, 9.17) is 14.2 Å². The van der Waals surface area contributed by atoms with Crippen molar-refractivity contribution >= 4 is 18.0 Å². The van der Waals surface area contributed by atoms with Crippen LogP contribution in [0.15, 0.2) is 60.2 Å². The summed E-state index contributed by atoms with van der Waals surface area (Å²) < 4.78 is 16.0. The maximum atomic E-state index is 12.9. The zero-order valence-electron chi connectivity index (χ0n) is 19.0. The van der Waals surface area contributed by atoms with Crippen LogP contribution in [0.2, 0.25) is 0 Å². The van der Waals surface area contributed by atoms with Crippen LogP contribution in [0.3, 0.4) is 0 Å². The van der Waals surface area contributed by atoms with Crippen LogP contribution in [0, 0.1) is 5.92 Å². The summed E-state index contributed by atoms with van der Waals surface area (Å²) in [5, 5.41) is 4.07. The normalized spacial score (nSPS) is 14.1. The summed E-state index contributed by atoms with van der Waals surface area (Å²) >= 11 is 0. The van der Waals surface area contributed by atoms with E-state index in [0.717, 1.165) is 5.56 Å². The number of amides is 2. The number of hydrazone groups is 1. The Labute approximate surface area is 193 Å². The molecule has 0 aromatic heterocycles. The Hall–Kier alpha value is -3.81. The maximum Gasteiger partial charge on any atom is 0.253 e. The molecule has 0 saturated carbocycles. The Morgan fingerprint density at radius 3 is 2.58 bits per heavy atom. The summed E-state index contributed by atoms with van der Waals surface area (Å²) in [4.78, 5) is 27.1. The van der Waals surface area contributed by atoms with Gasteiger partial charge in [0.05, 0.1) is 20.4 Å². The molecule has 2 amide bonds. The molecule has 2 aromatic rings. The Morgan fingerprint density at radius 1 is 1.12 bits per heavy atom. The summed E-state index contributed by atoms with van der Waals surface area (Å²) in [7, 11) is 3.08. The number of piperidine rings is 1.